The van der Waals surface area contributed by atoms with E-state index in [1.807, 2.05) is 72.5 Å². The van der Waals surface area contributed by atoms with Crippen LogP contribution in [-0.2, 0) is 17.6 Å². The lowest BCUT2D eigenvalue weighted by atomic mass is 10.0. The third kappa shape index (κ3) is 4.67. The highest BCUT2D eigenvalue weighted by Crippen LogP contribution is 2.41. The predicted octanol–water partition coefficient (Wildman–Crippen LogP) is 7.51. The summed E-state index contributed by atoms with van der Waals surface area (Å²) in [6, 6.07) is 32.9. The minimum absolute atomic E-state index is 0.175. The second-order valence-corrected chi connectivity index (χ2v) is 11.5. The normalized spacial score (nSPS) is 13.4. The van der Waals surface area contributed by atoms with Crippen LogP contribution in [0.5, 0.6) is 0 Å². The molecule has 0 aliphatic carbocycles. The molecule has 1 aliphatic rings. The number of carbonyl (C=O) groups is 1. The maximum Gasteiger partial charge on any atom is 0.231 e. The molecular formula is C32H25N3OS2. The van der Waals surface area contributed by atoms with Gasteiger partial charge in [-0.1, -0.05) is 72.8 Å². The highest BCUT2D eigenvalue weighted by Gasteiger charge is 2.26. The van der Waals surface area contributed by atoms with Crippen molar-refractivity contribution in [2.75, 3.05) is 11.4 Å². The number of hydrogen-bond acceptors (Lipinski definition) is 5. The second-order valence-electron chi connectivity index (χ2n) is 9.27. The molecule has 1 atom stereocenters. The Morgan fingerprint density at radius 1 is 0.947 bits per heavy atom. The quantitative estimate of drug-likeness (QED) is 0.204. The third-order valence-corrected chi connectivity index (χ3v) is 9.17. The monoisotopic (exact) mass is 531 g/mol. The van der Waals surface area contributed by atoms with Crippen LogP contribution >= 0.6 is 22.7 Å². The smallest absolute Gasteiger partial charge is 0.231 e. The Labute approximate surface area is 230 Å². The number of nitrogens with zero attached hydrogens (tertiary/aromatic N) is 3. The van der Waals surface area contributed by atoms with Crippen LogP contribution in [-0.4, -0.2) is 24.2 Å². The standard InChI is InChI=1S/C32H25N3OS2/c1-2-35-27-15-24(14-13-23(27)16-31(35)36)28-19-30-29(38-28)18-26(37-30)17-25(20-33)34-32(21-9-5-3-6-10-21)22-11-7-4-8-12-22/h3-15,18-19,25H,2,16-17H2,1H3. The van der Waals surface area contributed by atoms with Gasteiger partial charge in [0.15, 0.2) is 0 Å². The minimum atomic E-state index is -0.480. The molecule has 0 fully saturated rings. The fourth-order valence-electron chi connectivity index (χ4n) is 4.96. The van der Waals surface area contributed by atoms with Gasteiger partial charge in [0, 0.05) is 48.9 Å². The molecule has 0 saturated heterocycles. The van der Waals surface area contributed by atoms with Gasteiger partial charge >= 0.3 is 0 Å². The molecule has 0 spiro atoms. The maximum absolute atomic E-state index is 12.3. The molecule has 38 heavy (non-hydrogen) atoms. The lowest BCUT2D eigenvalue weighted by molar-refractivity contribution is -0.117. The summed E-state index contributed by atoms with van der Waals surface area (Å²) in [5.41, 5.74) is 6.14. The Morgan fingerprint density at radius 3 is 2.26 bits per heavy atom. The van der Waals surface area contributed by atoms with E-state index in [4.69, 9.17) is 4.99 Å². The number of rotatable bonds is 7. The van der Waals surface area contributed by atoms with E-state index >= 15 is 0 Å². The fourth-order valence-corrected chi connectivity index (χ4v) is 7.42. The number of hydrogen-bond donors (Lipinski definition) is 0. The average molecular weight is 532 g/mol. The van der Waals surface area contributed by atoms with Gasteiger partial charge in [0.1, 0.15) is 6.04 Å². The van der Waals surface area contributed by atoms with Crippen molar-refractivity contribution in [1.82, 2.24) is 0 Å². The first-order valence-corrected chi connectivity index (χ1v) is 14.3. The van der Waals surface area contributed by atoms with Gasteiger partial charge in [0.2, 0.25) is 5.91 Å². The van der Waals surface area contributed by atoms with Gasteiger partial charge < -0.3 is 4.90 Å². The molecule has 3 heterocycles. The Kier molecular flexibility index (Phi) is 6.63. The van der Waals surface area contributed by atoms with Gasteiger partial charge in [-0.2, -0.15) is 5.26 Å². The summed E-state index contributed by atoms with van der Waals surface area (Å²) in [6.07, 6.45) is 1.07. The fraction of sp³-hybridized carbons (Fsp3) is 0.156. The summed E-state index contributed by atoms with van der Waals surface area (Å²) in [4.78, 5) is 21.4. The van der Waals surface area contributed by atoms with Crippen LogP contribution in [0.3, 0.4) is 0 Å². The Hall–Kier alpha value is -4.05. The van der Waals surface area contributed by atoms with Crippen molar-refractivity contribution in [2.24, 2.45) is 4.99 Å². The number of anilines is 1. The highest BCUT2D eigenvalue weighted by atomic mass is 32.1. The molecule has 6 rings (SSSR count). The topological polar surface area (TPSA) is 56.5 Å². The highest BCUT2D eigenvalue weighted by molar-refractivity contribution is 7.29. The number of likely N-dealkylation sites (N-methyl/N-ethyl adjacent to an activating group) is 1. The summed E-state index contributed by atoms with van der Waals surface area (Å²) in [5, 5.41) is 10.0. The molecule has 1 unspecified atom stereocenters. The number of fused-ring (bicyclic) bond motifs is 2. The van der Waals surface area contributed by atoms with Gasteiger partial charge in [-0.15, -0.1) is 22.7 Å². The summed E-state index contributed by atoms with van der Waals surface area (Å²) in [5.74, 6) is 0.175. The van der Waals surface area contributed by atoms with Gasteiger partial charge in [-0.3, -0.25) is 9.79 Å². The van der Waals surface area contributed by atoms with Crippen LogP contribution in [0.4, 0.5) is 5.69 Å². The van der Waals surface area contributed by atoms with Crippen LogP contribution in [0.1, 0.15) is 28.5 Å². The van der Waals surface area contributed by atoms with E-state index in [1.165, 1.54) is 14.3 Å². The largest absolute Gasteiger partial charge is 0.312 e. The molecular weight excluding hydrogens is 507 g/mol. The van der Waals surface area contributed by atoms with Crippen LogP contribution < -0.4 is 4.90 Å². The Morgan fingerprint density at radius 2 is 1.63 bits per heavy atom. The molecule has 4 nitrogen and oxygen atoms in total. The molecule has 2 aromatic heterocycles. The minimum Gasteiger partial charge on any atom is -0.312 e. The summed E-state index contributed by atoms with van der Waals surface area (Å²) >= 11 is 3.49. The van der Waals surface area contributed by atoms with E-state index in [0.717, 1.165) is 38.5 Å². The van der Waals surface area contributed by atoms with Crippen molar-refractivity contribution in [3.63, 3.8) is 0 Å². The number of aliphatic imine (C=N–C) groups is 1. The number of carbonyl (C=O) groups excluding carboxylic acids is 1. The van der Waals surface area contributed by atoms with E-state index in [1.54, 1.807) is 22.7 Å². The third-order valence-electron chi connectivity index (χ3n) is 6.80. The lowest BCUT2D eigenvalue weighted by Gasteiger charge is -2.15. The molecule has 186 valence electrons. The van der Waals surface area contributed by atoms with Crippen molar-refractivity contribution in [3.8, 4) is 16.5 Å². The zero-order valence-corrected chi connectivity index (χ0v) is 22.6. The second kappa shape index (κ2) is 10.4. The first-order valence-electron chi connectivity index (χ1n) is 12.7. The van der Waals surface area contributed by atoms with E-state index in [2.05, 4.69) is 36.4 Å². The van der Waals surface area contributed by atoms with E-state index in [-0.39, 0.29) is 5.91 Å². The van der Waals surface area contributed by atoms with Crippen LogP contribution in [0.15, 0.2) is 96.0 Å². The van der Waals surface area contributed by atoms with Gasteiger partial charge in [0.25, 0.3) is 0 Å². The van der Waals surface area contributed by atoms with E-state index in [0.29, 0.717) is 19.4 Å². The summed E-state index contributed by atoms with van der Waals surface area (Å²) < 4.78 is 2.44. The Balaban J connectivity index is 1.27. The average Bonchev–Trinajstić information content (AvgIpc) is 3.61. The van der Waals surface area contributed by atoms with Crippen LogP contribution in [0.2, 0.25) is 0 Å². The summed E-state index contributed by atoms with van der Waals surface area (Å²) in [7, 11) is 0. The first-order chi connectivity index (χ1) is 18.6. The molecule has 0 N–H and O–H groups in total. The van der Waals surface area contributed by atoms with Crippen molar-refractivity contribution < 1.29 is 4.79 Å². The molecule has 0 bridgehead atoms. The molecule has 0 saturated carbocycles. The zero-order chi connectivity index (χ0) is 26.1. The molecule has 1 aliphatic heterocycles. The van der Waals surface area contributed by atoms with Crippen molar-refractivity contribution in [1.29, 1.82) is 5.26 Å². The SMILES string of the molecule is CCN1C(=O)Cc2ccc(-c3cc4sc(CC(C#N)N=C(c5ccccc5)c5ccccc5)cc4s3)cc21. The predicted molar refractivity (Wildman–Crippen MR) is 158 cm³/mol. The molecule has 0 radical (unpaired) electrons. The van der Waals surface area contributed by atoms with Crippen molar-refractivity contribution in [3.05, 3.63) is 113 Å². The van der Waals surface area contributed by atoms with Crippen molar-refractivity contribution in [2.45, 2.75) is 25.8 Å². The lowest BCUT2D eigenvalue weighted by Crippen LogP contribution is -2.25. The summed E-state index contributed by atoms with van der Waals surface area (Å²) in [6.45, 7) is 2.71. The number of thiophene rings is 2. The number of amides is 1. The molecule has 5 aromatic rings. The maximum atomic E-state index is 12.3. The van der Waals surface area contributed by atoms with Gasteiger partial charge in [0.05, 0.1) is 18.2 Å². The van der Waals surface area contributed by atoms with Gasteiger partial charge in [-0.05, 0) is 36.2 Å². The molecule has 3 aromatic carbocycles. The molecule has 6 heteroatoms. The van der Waals surface area contributed by atoms with Gasteiger partial charge in [-0.25, -0.2) is 0 Å². The molecule has 1 amide bonds. The first kappa shape index (κ1) is 24.3. The number of benzene rings is 3. The van der Waals surface area contributed by atoms with Crippen LogP contribution in [0.25, 0.3) is 19.8 Å². The number of nitriles is 1. The van der Waals surface area contributed by atoms with E-state index < -0.39 is 6.04 Å². The Bertz CT molecular complexity index is 1620. The zero-order valence-electron chi connectivity index (χ0n) is 20.9. The van der Waals surface area contributed by atoms with Crippen molar-refractivity contribution >= 4 is 49.4 Å². The van der Waals surface area contributed by atoms with Crippen LogP contribution in [0, 0.1) is 11.3 Å². The van der Waals surface area contributed by atoms with E-state index in [9.17, 15) is 10.1 Å².